The predicted octanol–water partition coefficient (Wildman–Crippen LogP) is 4.91. The molecule has 0 spiro atoms. The van der Waals surface area contributed by atoms with Crippen LogP contribution in [0.25, 0.3) is 10.2 Å². The summed E-state index contributed by atoms with van der Waals surface area (Å²) in [6, 6.07) is 18.5. The van der Waals surface area contributed by atoms with E-state index in [9.17, 15) is 0 Å². The number of aromatic nitrogens is 3. The van der Waals surface area contributed by atoms with Gasteiger partial charge in [0.2, 0.25) is 5.95 Å². The number of nitrogens with one attached hydrogen (secondary N) is 2. The molecule has 0 fully saturated rings. The highest BCUT2D eigenvalue weighted by Crippen LogP contribution is 2.29. The number of unbranched alkanes of at least 4 members (excludes halogenated alkanes) is 1. The molecule has 2 aromatic carbocycles. The molecule has 7 heteroatoms. The van der Waals surface area contributed by atoms with Gasteiger partial charge in [0.25, 0.3) is 0 Å². The highest BCUT2D eigenvalue weighted by atomic mass is 32.1. The fourth-order valence-corrected chi connectivity index (χ4v) is 4.14. The number of hydrogen-bond donors (Lipinski definition) is 3. The van der Waals surface area contributed by atoms with Crippen molar-refractivity contribution in [2.45, 2.75) is 26.2 Å². The maximum absolute atomic E-state index is 8.98. The van der Waals surface area contributed by atoms with Crippen LogP contribution in [-0.4, -0.2) is 33.2 Å². The molecule has 3 N–H and O–H groups in total. The van der Waals surface area contributed by atoms with Crippen molar-refractivity contribution in [3.05, 3.63) is 71.4 Å². The number of aliphatic hydroxyl groups excluding tert-OH is 1. The summed E-state index contributed by atoms with van der Waals surface area (Å²) in [7, 11) is 0. The number of anilines is 3. The van der Waals surface area contributed by atoms with Gasteiger partial charge in [-0.25, -0.2) is 9.97 Å². The number of rotatable bonds is 9. The van der Waals surface area contributed by atoms with Crippen molar-refractivity contribution in [3.63, 3.8) is 0 Å². The van der Waals surface area contributed by atoms with Crippen molar-refractivity contribution in [3.8, 4) is 0 Å². The molecule has 30 heavy (non-hydrogen) atoms. The van der Waals surface area contributed by atoms with Gasteiger partial charge in [-0.1, -0.05) is 47.7 Å². The summed E-state index contributed by atoms with van der Waals surface area (Å²) in [5, 5.41) is 16.4. The van der Waals surface area contributed by atoms with Crippen LogP contribution in [0.3, 0.4) is 0 Å². The fraction of sp³-hybridized carbons (Fsp3) is 0.261. The summed E-state index contributed by atoms with van der Waals surface area (Å²) in [6.07, 6.45) is 2.35. The van der Waals surface area contributed by atoms with E-state index in [2.05, 4.69) is 56.8 Å². The van der Waals surface area contributed by atoms with Crippen molar-refractivity contribution in [2.24, 2.45) is 0 Å². The van der Waals surface area contributed by atoms with E-state index in [0.29, 0.717) is 5.95 Å². The second-order valence-corrected chi connectivity index (χ2v) is 8.23. The highest BCUT2D eigenvalue weighted by Gasteiger charge is 2.09. The van der Waals surface area contributed by atoms with Gasteiger partial charge in [-0.15, -0.1) is 0 Å². The van der Waals surface area contributed by atoms with Crippen LogP contribution in [0, 0.1) is 6.92 Å². The topological polar surface area (TPSA) is 83.0 Å². The zero-order chi connectivity index (χ0) is 20.8. The number of aryl methyl sites for hydroxylation is 1. The van der Waals surface area contributed by atoms with E-state index in [4.69, 9.17) is 5.11 Å². The molecule has 0 saturated carbocycles. The van der Waals surface area contributed by atoms with E-state index in [1.165, 1.54) is 11.1 Å². The Hall–Kier alpha value is -3.03. The number of fused-ring (bicyclic) bond motifs is 1. The van der Waals surface area contributed by atoms with Gasteiger partial charge in [0.05, 0.1) is 15.9 Å². The van der Waals surface area contributed by atoms with Crippen molar-refractivity contribution in [2.75, 3.05) is 23.8 Å². The maximum Gasteiger partial charge on any atom is 0.224 e. The highest BCUT2D eigenvalue weighted by molar-refractivity contribution is 7.22. The standard InChI is InChI=1S/C23H25N5OS/c1-16-9-10-19-20(13-16)30-23(26-19)28-21-15-18(14-17-7-3-2-4-8-17)25-22(27-21)24-11-5-6-12-29/h2-4,7-10,13,15,29H,5-6,11-12,14H2,1H3,(H2,24,25,26,27,28). The van der Waals surface area contributed by atoms with Gasteiger partial charge < -0.3 is 15.7 Å². The monoisotopic (exact) mass is 419 g/mol. The van der Waals surface area contributed by atoms with Crippen molar-refractivity contribution >= 4 is 38.5 Å². The minimum Gasteiger partial charge on any atom is -0.396 e. The van der Waals surface area contributed by atoms with Gasteiger partial charge >= 0.3 is 0 Å². The third-order valence-corrected chi connectivity index (χ3v) is 5.59. The van der Waals surface area contributed by atoms with E-state index < -0.39 is 0 Å². The van der Waals surface area contributed by atoms with Gasteiger partial charge in [-0.3, -0.25) is 0 Å². The SMILES string of the molecule is Cc1ccc2nc(Nc3cc(Cc4ccccc4)nc(NCCCCO)n3)sc2c1. The lowest BCUT2D eigenvalue weighted by Crippen LogP contribution is -2.09. The van der Waals surface area contributed by atoms with E-state index in [-0.39, 0.29) is 6.61 Å². The lowest BCUT2D eigenvalue weighted by Gasteiger charge is -2.10. The molecule has 2 heterocycles. The second-order valence-electron chi connectivity index (χ2n) is 7.20. The van der Waals surface area contributed by atoms with Gasteiger partial charge in [-0.05, 0) is 43.0 Å². The molecular weight excluding hydrogens is 394 g/mol. The second kappa shape index (κ2) is 9.65. The summed E-state index contributed by atoms with van der Waals surface area (Å²) in [5.41, 5.74) is 4.33. The number of benzene rings is 2. The van der Waals surface area contributed by atoms with Crippen LogP contribution in [0.5, 0.6) is 0 Å². The summed E-state index contributed by atoms with van der Waals surface area (Å²) in [6.45, 7) is 3.00. The Morgan fingerprint density at radius 3 is 2.67 bits per heavy atom. The average Bonchev–Trinajstić information content (AvgIpc) is 3.13. The molecule has 0 radical (unpaired) electrons. The fourth-order valence-electron chi connectivity index (χ4n) is 3.17. The summed E-state index contributed by atoms with van der Waals surface area (Å²) in [4.78, 5) is 14.0. The van der Waals surface area contributed by atoms with E-state index >= 15 is 0 Å². The van der Waals surface area contributed by atoms with Gasteiger partial charge in [-0.2, -0.15) is 4.98 Å². The smallest absolute Gasteiger partial charge is 0.224 e. The molecule has 0 unspecified atom stereocenters. The van der Waals surface area contributed by atoms with Crippen LogP contribution >= 0.6 is 11.3 Å². The molecule has 0 aliphatic rings. The largest absolute Gasteiger partial charge is 0.396 e. The quantitative estimate of drug-likeness (QED) is 0.334. The number of nitrogens with zero attached hydrogens (tertiary/aromatic N) is 3. The van der Waals surface area contributed by atoms with Gasteiger partial charge in [0.1, 0.15) is 5.82 Å². The molecule has 0 bridgehead atoms. The van der Waals surface area contributed by atoms with E-state index in [1.54, 1.807) is 11.3 Å². The Bertz CT molecular complexity index is 1110. The van der Waals surface area contributed by atoms with Crippen LogP contribution in [0.2, 0.25) is 0 Å². The first-order valence-corrected chi connectivity index (χ1v) is 10.9. The minimum atomic E-state index is 0.195. The van der Waals surface area contributed by atoms with Crippen LogP contribution in [0.4, 0.5) is 16.9 Å². The molecule has 0 saturated heterocycles. The molecule has 0 aliphatic heterocycles. The Morgan fingerprint density at radius 1 is 0.967 bits per heavy atom. The molecule has 0 aliphatic carbocycles. The van der Waals surface area contributed by atoms with Crippen LogP contribution < -0.4 is 10.6 Å². The summed E-state index contributed by atoms with van der Waals surface area (Å²) in [5.74, 6) is 1.30. The first-order chi connectivity index (χ1) is 14.7. The molecular formula is C23H25N5OS. The summed E-state index contributed by atoms with van der Waals surface area (Å²) >= 11 is 1.62. The molecule has 4 rings (SSSR count). The lowest BCUT2D eigenvalue weighted by atomic mass is 10.1. The normalized spacial score (nSPS) is 11.0. The first-order valence-electron chi connectivity index (χ1n) is 10.1. The van der Waals surface area contributed by atoms with Crippen molar-refractivity contribution in [1.29, 1.82) is 0 Å². The van der Waals surface area contributed by atoms with Crippen molar-refractivity contribution in [1.82, 2.24) is 15.0 Å². The molecule has 4 aromatic rings. The molecule has 2 aromatic heterocycles. The van der Waals surface area contributed by atoms with Crippen LogP contribution in [0.1, 0.15) is 29.7 Å². The van der Waals surface area contributed by atoms with Crippen LogP contribution in [0.15, 0.2) is 54.6 Å². The number of hydrogen-bond acceptors (Lipinski definition) is 7. The summed E-state index contributed by atoms with van der Waals surface area (Å²) < 4.78 is 1.15. The maximum atomic E-state index is 8.98. The zero-order valence-electron chi connectivity index (χ0n) is 16.9. The zero-order valence-corrected chi connectivity index (χ0v) is 17.7. The third-order valence-electron chi connectivity index (χ3n) is 4.65. The van der Waals surface area contributed by atoms with E-state index in [0.717, 1.165) is 52.7 Å². The van der Waals surface area contributed by atoms with E-state index in [1.807, 2.05) is 30.3 Å². The number of aliphatic hydroxyl groups is 1. The number of thiazole rings is 1. The minimum absolute atomic E-state index is 0.195. The predicted molar refractivity (Wildman–Crippen MR) is 124 cm³/mol. The Kier molecular flexibility index (Phi) is 6.51. The molecule has 6 nitrogen and oxygen atoms in total. The third kappa shape index (κ3) is 5.31. The Labute approximate surface area is 180 Å². The van der Waals surface area contributed by atoms with Crippen LogP contribution in [-0.2, 0) is 6.42 Å². The Balaban J connectivity index is 1.58. The average molecular weight is 420 g/mol. The molecule has 0 atom stereocenters. The Morgan fingerprint density at radius 2 is 1.83 bits per heavy atom. The molecule has 154 valence electrons. The van der Waals surface area contributed by atoms with Gasteiger partial charge in [0.15, 0.2) is 5.13 Å². The lowest BCUT2D eigenvalue weighted by molar-refractivity contribution is 0.286. The molecule has 0 amide bonds. The first kappa shape index (κ1) is 20.3. The van der Waals surface area contributed by atoms with Gasteiger partial charge in [0, 0.05) is 25.6 Å². The van der Waals surface area contributed by atoms with Crippen molar-refractivity contribution < 1.29 is 5.11 Å².